The summed E-state index contributed by atoms with van der Waals surface area (Å²) in [5, 5.41) is 2.42. The number of carbonyl (C=O) groups is 2. The number of nitrogens with one attached hydrogen (secondary N) is 3. The Kier molecular flexibility index (Phi) is 7.56. The minimum atomic E-state index is -0.461. The molecule has 8 heteroatoms. The Labute approximate surface area is 185 Å². The van der Waals surface area contributed by atoms with Crippen LogP contribution in [0.4, 0.5) is 0 Å². The van der Waals surface area contributed by atoms with E-state index < -0.39 is 11.8 Å². The van der Waals surface area contributed by atoms with Crippen LogP contribution in [0.3, 0.4) is 0 Å². The minimum Gasteiger partial charge on any atom is -0.496 e. The number of ether oxygens (including phenoxy) is 2. The molecule has 0 aliphatic carbocycles. The van der Waals surface area contributed by atoms with E-state index in [-0.39, 0.29) is 11.7 Å². The molecule has 0 aliphatic rings. The van der Waals surface area contributed by atoms with Gasteiger partial charge < -0.3 is 9.47 Å². The minimum absolute atomic E-state index is 0.0612. The highest BCUT2D eigenvalue weighted by atomic mass is 32.1. The Balaban J connectivity index is 1.50. The summed E-state index contributed by atoms with van der Waals surface area (Å²) in [6, 6.07) is 23.9. The zero-order valence-electron chi connectivity index (χ0n) is 16.8. The summed E-state index contributed by atoms with van der Waals surface area (Å²) in [5.41, 5.74) is 7.06. The van der Waals surface area contributed by atoms with Crippen LogP contribution >= 0.6 is 12.2 Å². The van der Waals surface area contributed by atoms with Crippen molar-refractivity contribution in [3.63, 3.8) is 0 Å². The van der Waals surface area contributed by atoms with E-state index in [0.29, 0.717) is 17.1 Å². The number of benzene rings is 3. The van der Waals surface area contributed by atoms with Gasteiger partial charge in [-0.15, -0.1) is 0 Å². The van der Waals surface area contributed by atoms with Crippen LogP contribution in [0, 0.1) is 0 Å². The van der Waals surface area contributed by atoms with Gasteiger partial charge in [-0.3, -0.25) is 25.8 Å². The molecule has 3 aromatic carbocycles. The fourth-order valence-corrected chi connectivity index (χ4v) is 2.93. The van der Waals surface area contributed by atoms with Crippen molar-refractivity contribution in [2.24, 2.45) is 0 Å². The largest absolute Gasteiger partial charge is 0.496 e. The van der Waals surface area contributed by atoms with Crippen molar-refractivity contribution in [1.29, 1.82) is 0 Å². The molecule has 0 radical (unpaired) electrons. The molecule has 0 bridgehead atoms. The van der Waals surface area contributed by atoms with Crippen molar-refractivity contribution < 1.29 is 19.1 Å². The van der Waals surface area contributed by atoms with E-state index in [1.165, 1.54) is 7.11 Å². The molecule has 0 spiro atoms. The van der Waals surface area contributed by atoms with Gasteiger partial charge >= 0.3 is 0 Å². The Morgan fingerprint density at radius 2 is 1.48 bits per heavy atom. The maximum atomic E-state index is 12.3. The highest BCUT2D eigenvalue weighted by molar-refractivity contribution is 7.80. The van der Waals surface area contributed by atoms with Gasteiger partial charge in [-0.05, 0) is 36.0 Å². The standard InChI is InChI=1S/C23H21N3O4S/c1-29-19-13-7-6-12-18(19)22(28)24-23(31)26-25-21(27)15-30-20-14-8-5-11-17(20)16-9-3-2-4-10-16/h2-14H,15H2,1H3,(H,25,27)(H2,24,26,28,31). The molecule has 0 atom stereocenters. The molecule has 0 fully saturated rings. The monoisotopic (exact) mass is 435 g/mol. The first-order valence-electron chi connectivity index (χ1n) is 9.39. The molecule has 0 heterocycles. The first kappa shape index (κ1) is 21.8. The molecular formula is C23H21N3O4S. The zero-order valence-corrected chi connectivity index (χ0v) is 17.6. The number of rotatable bonds is 6. The second kappa shape index (κ2) is 10.7. The lowest BCUT2D eigenvalue weighted by Crippen LogP contribution is -2.49. The summed E-state index contributed by atoms with van der Waals surface area (Å²) in [5.74, 6) is 0.0715. The highest BCUT2D eigenvalue weighted by Gasteiger charge is 2.13. The topological polar surface area (TPSA) is 88.7 Å². The maximum absolute atomic E-state index is 12.3. The Morgan fingerprint density at radius 3 is 2.23 bits per heavy atom. The van der Waals surface area contributed by atoms with Crippen molar-refractivity contribution in [3.05, 3.63) is 84.4 Å². The van der Waals surface area contributed by atoms with E-state index in [1.807, 2.05) is 48.5 Å². The van der Waals surface area contributed by atoms with E-state index in [2.05, 4.69) is 16.2 Å². The van der Waals surface area contributed by atoms with Crippen LogP contribution in [0.5, 0.6) is 11.5 Å². The van der Waals surface area contributed by atoms with E-state index in [4.69, 9.17) is 21.7 Å². The van der Waals surface area contributed by atoms with Crippen LogP contribution in [0.25, 0.3) is 11.1 Å². The first-order valence-corrected chi connectivity index (χ1v) is 9.79. The predicted molar refractivity (Wildman–Crippen MR) is 122 cm³/mol. The molecule has 2 amide bonds. The summed E-state index contributed by atoms with van der Waals surface area (Å²) in [4.78, 5) is 24.4. The Morgan fingerprint density at radius 1 is 0.839 bits per heavy atom. The van der Waals surface area contributed by atoms with Crippen LogP contribution < -0.4 is 25.6 Å². The second-order valence-corrected chi connectivity index (χ2v) is 6.72. The highest BCUT2D eigenvalue weighted by Crippen LogP contribution is 2.29. The van der Waals surface area contributed by atoms with E-state index in [9.17, 15) is 9.59 Å². The molecule has 0 aromatic heterocycles. The number of hydrogen-bond acceptors (Lipinski definition) is 5. The van der Waals surface area contributed by atoms with E-state index >= 15 is 0 Å². The Hall–Kier alpha value is -3.91. The molecule has 31 heavy (non-hydrogen) atoms. The van der Waals surface area contributed by atoms with Gasteiger partial charge in [0.15, 0.2) is 11.7 Å². The average Bonchev–Trinajstić information content (AvgIpc) is 2.82. The smallest absolute Gasteiger partial charge is 0.276 e. The third-order valence-electron chi connectivity index (χ3n) is 4.22. The van der Waals surface area contributed by atoms with E-state index in [1.54, 1.807) is 30.3 Å². The number of methoxy groups -OCH3 is 1. The van der Waals surface area contributed by atoms with Crippen molar-refractivity contribution in [3.8, 4) is 22.6 Å². The summed E-state index contributed by atoms with van der Waals surface area (Å²) in [6.07, 6.45) is 0. The lowest BCUT2D eigenvalue weighted by molar-refractivity contribution is -0.123. The lowest BCUT2D eigenvalue weighted by Gasteiger charge is -2.14. The summed E-state index contributed by atoms with van der Waals surface area (Å²) in [7, 11) is 1.47. The summed E-state index contributed by atoms with van der Waals surface area (Å²) < 4.78 is 10.8. The zero-order chi connectivity index (χ0) is 22.1. The number of thiocarbonyl (C=S) groups is 1. The molecule has 3 N–H and O–H groups in total. The molecular weight excluding hydrogens is 414 g/mol. The van der Waals surface area contributed by atoms with E-state index in [0.717, 1.165) is 11.1 Å². The number of amides is 2. The summed E-state index contributed by atoms with van der Waals surface area (Å²) >= 11 is 5.05. The fourth-order valence-electron chi connectivity index (χ4n) is 2.79. The van der Waals surface area contributed by atoms with Crippen LogP contribution in [-0.2, 0) is 4.79 Å². The van der Waals surface area contributed by atoms with Gasteiger partial charge in [0.1, 0.15) is 11.5 Å². The molecule has 0 unspecified atom stereocenters. The van der Waals surface area contributed by atoms with Gasteiger partial charge in [0.2, 0.25) is 0 Å². The quantitative estimate of drug-likeness (QED) is 0.407. The number of hydrazine groups is 1. The molecule has 3 aromatic rings. The van der Waals surface area contributed by atoms with Gasteiger partial charge in [0.05, 0.1) is 12.7 Å². The van der Waals surface area contributed by atoms with Crippen molar-refractivity contribution in [2.75, 3.05) is 13.7 Å². The molecule has 7 nitrogen and oxygen atoms in total. The van der Waals surface area contributed by atoms with Gasteiger partial charge in [0, 0.05) is 5.56 Å². The van der Waals surface area contributed by atoms with Crippen LogP contribution in [-0.4, -0.2) is 30.6 Å². The van der Waals surface area contributed by atoms with Crippen LogP contribution in [0.15, 0.2) is 78.9 Å². The van der Waals surface area contributed by atoms with Crippen molar-refractivity contribution in [1.82, 2.24) is 16.2 Å². The van der Waals surface area contributed by atoms with Crippen molar-refractivity contribution >= 4 is 29.1 Å². The number of carbonyl (C=O) groups excluding carboxylic acids is 2. The van der Waals surface area contributed by atoms with Gasteiger partial charge in [-0.1, -0.05) is 60.7 Å². The lowest BCUT2D eigenvalue weighted by atomic mass is 10.1. The van der Waals surface area contributed by atoms with Crippen molar-refractivity contribution in [2.45, 2.75) is 0 Å². The third-order valence-corrected chi connectivity index (χ3v) is 4.43. The normalized spacial score (nSPS) is 9.97. The summed E-state index contributed by atoms with van der Waals surface area (Å²) in [6.45, 7) is -0.236. The second-order valence-electron chi connectivity index (χ2n) is 6.31. The number of para-hydroxylation sites is 2. The SMILES string of the molecule is COc1ccccc1C(=O)NC(=S)NNC(=O)COc1ccccc1-c1ccccc1. The van der Waals surface area contributed by atoms with Crippen LogP contribution in [0.2, 0.25) is 0 Å². The first-order chi connectivity index (χ1) is 15.1. The third kappa shape index (κ3) is 6.03. The fraction of sp³-hybridized carbons (Fsp3) is 0.0870. The predicted octanol–water partition coefficient (Wildman–Crippen LogP) is 3.08. The van der Waals surface area contributed by atoms with Gasteiger partial charge in [-0.25, -0.2) is 0 Å². The number of hydrogen-bond donors (Lipinski definition) is 3. The van der Waals surface area contributed by atoms with Gasteiger partial charge in [-0.2, -0.15) is 0 Å². The Bertz CT molecular complexity index is 1070. The van der Waals surface area contributed by atoms with Gasteiger partial charge in [0.25, 0.3) is 11.8 Å². The molecule has 0 saturated carbocycles. The maximum Gasteiger partial charge on any atom is 0.276 e. The average molecular weight is 436 g/mol. The molecule has 0 saturated heterocycles. The molecule has 158 valence electrons. The molecule has 0 aliphatic heterocycles. The van der Waals surface area contributed by atoms with Crippen LogP contribution in [0.1, 0.15) is 10.4 Å². The molecule has 3 rings (SSSR count).